The summed E-state index contributed by atoms with van der Waals surface area (Å²) in [5.41, 5.74) is 4.41. The Morgan fingerprint density at radius 1 is 1.00 bits per heavy atom. The van der Waals surface area contributed by atoms with Gasteiger partial charge in [-0.25, -0.2) is 0 Å². The van der Waals surface area contributed by atoms with Crippen molar-refractivity contribution in [2.24, 2.45) is 5.92 Å². The summed E-state index contributed by atoms with van der Waals surface area (Å²) in [5.74, 6) is 1.25. The first-order chi connectivity index (χ1) is 15.2. The number of benzene rings is 2. The molecule has 0 bridgehead atoms. The second-order valence-corrected chi connectivity index (χ2v) is 8.81. The number of carbonyl (C=O) groups is 1. The average Bonchev–Trinajstić information content (AvgIpc) is 3.55. The fourth-order valence-electron chi connectivity index (χ4n) is 4.94. The Bertz CT molecular complexity index is 1040. The van der Waals surface area contributed by atoms with E-state index in [1.807, 2.05) is 12.1 Å². The van der Waals surface area contributed by atoms with Crippen molar-refractivity contribution in [3.05, 3.63) is 59.7 Å². The zero-order valence-electron chi connectivity index (χ0n) is 17.5. The lowest BCUT2D eigenvalue weighted by Crippen LogP contribution is -2.14. The van der Waals surface area contributed by atoms with E-state index in [-0.39, 0.29) is 18.4 Å². The first-order valence-electron chi connectivity index (χ1n) is 11.2. The molecular weight excluding hydrogens is 390 g/mol. The number of aromatic nitrogens is 2. The molecule has 6 nitrogen and oxygen atoms in total. The number of rotatable bonds is 6. The number of hydrogen-bond acceptors (Lipinski definition) is 5. The van der Waals surface area contributed by atoms with E-state index in [0.29, 0.717) is 17.6 Å². The summed E-state index contributed by atoms with van der Waals surface area (Å²) in [6.45, 7) is 0.743. The minimum Gasteiger partial charge on any atom is -0.481 e. The number of hydrogen-bond donors (Lipinski definition) is 2. The second-order valence-electron chi connectivity index (χ2n) is 8.81. The monoisotopic (exact) mass is 417 g/mol. The number of nitrogens with zero attached hydrogens (tertiary/aromatic N) is 2. The highest BCUT2D eigenvalue weighted by Crippen LogP contribution is 2.35. The van der Waals surface area contributed by atoms with Crippen molar-refractivity contribution in [2.75, 3.05) is 6.54 Å². The maximum Gasteiger partial charge on any atom is 0.303 e. The van der Waals surface area contributed by atoms with Gasteiger partial charge in [-0.3, -0.25) is 4.79 Å². The van der Waals surface area contributed by atoms with E-state index in [1.54, 1.807) is 0 Å². The number of carboxylic acid groups (broad SMARTS) is 1. The summed E-state index contributed by atoms with van der Waals surface area (Å²) in [6.07, 6.45) is 6.30. The first-order valence-corrected chi connectivity index (χ1v) is 11.2. The van der Waals surface area contributed by atoms with Crippen LogP contribution in [-0.2, 0) is 4.79 Å². The molecule has 160 valence electrons. The smallest absolute Gasteiger partial charge is 0.303 e. The minimum atomic E-state index is -0.733. The van der Waals surface area contributed by atoms with Crippen molar-refractivity contribution in [1.29, 1.82) is 0 Å². The van der Waals surface area contributed by atoms with E-state index < -0.39 is 5.97 Å². The number of aliphatic carboxylic acids is 1. The predicted molar refractivity (Wildman–Crippen MR) is 117 cm³/mol. The summed E-state index contributed by atoms with van der Waals surface area (Å²) in [7, 11) is 0. The van der Waals surface area contributed by atoms with Crippen LogP contribution in [0.3, 0.4) is 0 Å². The zero-order chi connectivity index (χ0) is 21.2. The van der Waals surface area contributed by atoms with Gasteiger partial charge in [0.05, 0.1) is 0 Å². The normalized spacial score (nSPS) is 21.5. The largest absolute Gasteiger partial charge is 0.481 e. The van der Waals surface area contributed by atoms with E-state index in [9.17, 15) is 4.79 Å². The molecule has 3 aromatic rings. The summed E-state index contributed by atoms with van der Waals surface area (Å²) in [6, 6.07) is 16.8. The fourth-order valence-corrected chi connectivity index (χ4v) is 4.94. The minimum absolute atomic E-state index is 0.182. The Morgan fingerprint density at radius 3 is 2.39 bits per heavy atom. The molecule has 0 radical (unpaired) electrons. The summed E-state index contributed by atoms with van der Waals surface area (Å²) in [5, 5.41) is 16.6. The van der Waals surface area contributed by atoms with Crippen molar-refractivity contribution < 1.29 is 14.4 Å². The van der Waals surface area contributed by atoms with Gasteiger partial charge in [0.15, 0.2) is 0 Å². The lowest BCUT2D eigenvalue weighted by molar-refractivity contribution is -0.137. The molecule has 5 rings (SSSR count). The van der Waals surface area contributed by atoms with Gasteiger partial charge >= 0.3 is 5.97 Å². The molecule has 1 aromatic heterocycles. The molecular formula is C25H27N3O3. The Hall–Kier alpha value is -2.99. The summed E-state index contributed by atoms with van der Waals surface area (Å²) >= 11 is 0. The molecule has 2 heterocycles. The zero-order valence-corrected chi connectivity index (χ0v) is 17.5. The summed E-state index contributed by atoms with van der Waals surface area (Å²) in [4.78, 5) is 15.5. The topological polar surface area (TPSA) is 88.2 Å². The van der Waals surface area contributed by atoms with Gasteiger partial charge in [0.2, 0.25) is 5.82 Å². The van der Waals surface area contributed by atoms with Crippen LogP contribution in [0.15, 0.2) is 53.1 Å². The fraction of sp³-hybridized carbons (Fsp3) is 0.400. The van der Waals surface area contributed by atoms with Crippen LogP contribution in [0.5, 0.6) is 0 Å². The molecule has 2 fully saturated rings. The standard InChI is InChI=1S/C25H27N3O3/c29-23(30)14-16-13-22(26-15-16)19-7-9-20(10-8-19)24-27-25(31-28-24)21-11-5-18(6-12-21)17-3-1-2-4-17/h5-12,16-17,22,26H,1-4,13-15H2,(H,29,30)/t16-,22-/m0/s1. The van der Waals surface area contributed by atoms with Crippen LogP contribution in [0.2, 0.25) is 0 Å². The van der Waals surface area contributed by atoms with Crippen LogP contribution in [0.25, 0.3) is 22.8 Å². The van der Waals surface area contributed by atoms with Gasteiger partial charge < -0.3 is 14.9 Å². The van der Waals surface area contributed by atoms with Crippen molar-refractivity contribution in [2.45, 2.75) is 50.5 Å². The lowest BCUT2D eigenvalue weighted by Gasteiger charge is -2.11. The molecule has 2 aliphatic rings. The van der Waals surface area contributed by atoms with Crippen molar-refractivity contribution >= 4 is 5.97 Å². The molecule has 1 saturated carbocycles. The van der Waals surface area contributed by atoms with Crippen LogP contribution < -0.4 is 5.32 Å². The average molecular weight is 418 g/mol. The van der Waals surface area contributed by atoms with E-state index in [4.69, 9.17) is 9.63 Å². The second kappa shape index (κ2) is 8.63. The Morgan fingerprint density at radius 2 is 1.68 bits per heavy atom. The van der Waals surface area contributed by atoms with E-state index in [0.717, 1.165) is 29.7 Å². The van der Waals surface area contributed by atoms with Crippen molar-refractivity contribution in [3.8, 4) is 22.8 Å². The van der Waals surface area contributed by atoms with Gasteiger partial charge in [-0.15, -0.1) is 0 Å². The maximum absolute atomic E-state index is 10.9. The molecule has 2 aromatic carbocycles. The lowest BCUT2D eigenvalue weighted by atomic mass is 9.97. The first kappa shape index (κ1) is 19.9. The maximum atomic E-state index is 10.9. The molecule has 6 heteroatoms. The third-order valence-corrected chi connectivity index (χ3v) is 6.67. The van der Waals surface area contributed by atoms with Crippen LogP contribution >= 0.6 is 0 Å². The third kappa shape index (κ3) is 4.39. The SMILES string of the molecule is O=C(O)C[C@H]1CN[C@H](c2ccc(-c3noc(-c4ccc(C5CCCC5)cc4)n3)cc2)C1. The molecule has 0 unspecified atom stereocenters. The molecule has 2 atom stereocenters. The highest BCUT2D eigenvalue weighted by molar-refractivity contribution is 5.67. The van der Waals surface area contributed by atoms with Gasteiger partial charge in [0, 0.05) is 23.6 Å². The van der Waals surface area contributed by atoms with Crippen LogP contribution in [-0.4, -0.2) is 27.8 Å². The van der Waals surface area contributed by atoms with Crippen molar-refractivity contribution in [1.82, 2.24) is 15.5 Å². The molecule has 31 heavy (non-hydrogen) atoms. The third-order valence-electron chi connectivity index (χ3n) is 6.67. The van der Waals surface area contributed by atoms with Crippen LogP contribution in [0.1, 0.15) is 61.6 Å². The Kier molecular flexibility index (Phi) is 5.55. The number of nitrogens with one attached hydrogen (secondary N) is 1. The van der Waals surface area contributed by atoms with Gasteiger partial charge in [0.25, 0.3) is 5.89 Å². The number of carboxylic acids is 1. The van der Waals surface area contributed by atoms with E-state index in [1.165, 1.54) is 31.2 Å². The Labute approximate surface area is 181 Å². The molecule has 0 spiro atoms. The molecule has 1 aliphatic carbocycles. The molecule has 0 amide bonds. The highest BCUT2D eigenvalue weighted by atomic mass is 16.5. The van der Waals surface area contributed by atoms with Crippen LogP contribution in [0.4, 0.5) is 0 Å². The van der Waals surface area contributed by atoms with Gasteiger partial charge in [-0.2, -0.15) is 4.98 Å². The van der Waals surface area contributed by atoms with Gasteiger partial charge in [0.1, 0.15) is 0 Å². The van der Waals surface area contributed by atoms with Crippen molar-refractivity contribution in [3.63, 3.8) is 0 Å². The van der Waals surface area contributed by atoms with E-state index in [2.05, 4.69) is 51.9 Å². The van der Waals surface area contributed by atoms with E-state index >= 15 is 0 Å². The van der Waals surface area contributed by atoms with Gasteiger partial charge in [-0.05, 0) is 60.9 Å². The van der Waals surface area contributed by atoms with Crippen LogP contribution in [0, 0.1) is 5.92 Å². The summed E-state index contributed by atoms with van der Waals surface area (Å²) < 4.78 is 5.52. The highest BCUT2D eigenvalue weighted by Gasteiger charge is 2.27. The van der Waals surface area contributed by atoms with Gasteiger partial charge in [-0.1, -0.05) is 54.4 Å². The predicted octanol–water partition coefficient (Wildman–Crippen LogP) is 5.19. The molecule has 1 saturated heterocycles. The molecule has 1 aliphatic heterocycles. The quantitative estimate of drug-likeness (QED) is 0.574. The Balaban J connectivity index is 1.26. The molecule has 2 N–H and O–H groups in total.